The summed E-state index contributed by atoms with van der Waals surface area (Å²) < 4.78 is 16.2. The molecule has 2 aliphatic heterocycles. The van der Waals surface area contributed by atoms with Gasteiger partial charge < -0.3 is 15.5 Å². The van der Waals surface area contributed by atoms with E-state index >= 15 is 0 Å². The summed E-state index contributed by atoms with van der Waals surface area (Å²) in [6.07, 6.45) is 7.46. The van der Waals surface area contributed by atoms with Crippen LogP contribution in [0.25, 0.3) is 11.1 Å². The number of halogens is 1. The SMILES string of the molecule is Cn1cc2c(n1)CN(C1CC1)C(=O)c1ccc(F)cc1[C@H]1CCCN1c1cc-2cnc1N. The van der Waals surface area contributed by atoms with E-state index in [2.05, 4.69) is 21.0 Å². The number of fused-ring (bicyclic) bond motifs is 8. The maximum atomic E-state index is 14.4. The van der Waals surface area contributed by atoms with Crippen molar-refractivity contribution in [3.8, 4) is 11.1 Å². The lowest BCUT2D eigenvalue weighted by Gasteiger charge is -2.31. The summed E-state index contributed by atoms with van der Waals surface area (Å²) >= 11 is 0. The molecule has 7 nitrogen and oxygen atoms in total. The Bertz CT molecular complexity index is 1230. The minimum Gasteiger partial charge on any atom is -0.382 e. The summed E-state index contributed by atoms with van der Waals surface area (Å²) in [5.41, 5.74) is 11.1. The second-order valence-electron chi connectivity index (χ2n) is 9.04. The molecule has 8 heteroatoms. The summed E-state index contributed by atoms with van der Waals surface area (Å²) in [6, 6.07) is 6.67. The van der Waals surface area contributed by atoms with Gasteiger partial charge in [0.2, 0.25) is 0 Å². The molecular formula is C24H25FN6O. The van der Waals surface area contributed by atoms with Crippen molar-refractivity contribution in [3.05, 3.63) is 59.3 Å². The van der Waals surface area contributed by atoms with Crippen molar-refractivity contribution in [2.75, 3.05) is 17.2 Å². The molecule has 2 bridgehead atoms. The van der Waals surface area contributed by atoms with Crippen LogP contribution < -0.4 is 10.6 Å². The third-order valence-corrected chi connectivity index (χ3v) is 6.85. The van der Waals surface area contributed by atoms with Crippen molar-refractivity contribution in [2.45, 2.75) is 44.3 Å². The molecule has 4 heterocycles. The van der Waals surface area contributed by atoms with Gasteiger partial charge in [0.1, 0.15) is 11.6 Å². The van der Waals surface area contributed by atoms with E-state index in [-0.39, 0.29) is 23.8 Å². The second kappa shape index (κ2) is 7.05. The van der Waals surface area contributed by atoms with E-state index in [9.17, 15) is 9.18 Å². The maximum absolute atomic E-state index is 14.4. The van der Waals surface area contributed by atoms with Gasteiger partial charge in [0.15, 0.2) is 0 Å². The summed E-state index contributed by atoms with van der Waals surface area (Å²) in [5, 5.41) is 4.68. The highest BCUT2D eigenvalue weighted by Crippen LogP contribution is 2.43. The minimum atomic E-state index is -0.333. The summed E-state index contributed by atoms with van der Waals surface area (Å²) in [7, 11) is 1.88. The number of carbonyl (C=O) groups is 1. The van der Waals surface area contributed by atoms with Crippen molar-refractivity contribution >= 4 is 17.4 Å². The third-order valence-electron chi connectivity index (χ3n) is 6.85. The smallest absolute Gasteiger partial charge is 0.254 e. The number of nitrogen functional groups attached to an aromatic ring is 1. The Morgan fingerprint density at radius 2 is 1.97 bits per heavy atom. The topological polar surface area (TPSA) is 80.3 Å². The number of hydrogen-bond acceptors (Lipinski definition) is 5. The number of carbonyl (C=O) groups excluding carboxylic acids is 1. The van der Waals surface area contributed by atoms with Gasteiger partial charge in [-0.1, -0.05) is 0 Å². The van der Waals surface area contributed by atoms with Crippen LogP contribution in [0.5, 0.6) is 0 Å². The largest absolute Gasteiger partial charge is 0.382 e. The quantitative estimate of drug-likeness (QED) is 0.635. The summed E-state index contributed by atoms with van der Waals surface area (Å²) in [5.74, 6) is 0.0497. The molecule has 1 amide bonds. The molecule has 3 aromatic rings. The number of aromatic nitrogens is 3. The Morgan fingerprint density at radius 1 is 1.12 bits per heavy atom. The zero-order valence-electron chi connectivity index (χ0n) is 18.0. The van der Waals surface area contributed by atoms with Crippen LogP contribution in [-0.4, -0.2) is 38.2 Å². The molecule has 0 radical (unpaired) electrons. The highest BCUT2D eigenvalue weighted by molar-refractivity contribution is 5.96. The first-order chi connectivity index (χ1) is 15.5. The van der Waals surface area contributed by atoms with Crippen LogP contribution in [0.3, 0.4) is 0 Å². The van der Waals surface area contributed by atoms with Gasteiger partial charge in [0.25, 0.3) is 5.91 Å². The Labute approximate surface area is 185 Å². The molecule has 1 saturated heterocycles. The number of amides is 1. The highest BCUT2D eigenvalue weighted by atomic mass is 19.1. The number of hydrogen-bond donors (Lipinski definition) is 1. The van der Waals surface area contributed by atoms with Gasteiger partial charge >= 0.3 is 0 Å². The van der Waals surface area contributed by atoms with E-state index in [1.165, 1.54) is 12.1 Å². The minimum absolute atomic E-state index is 0.0544. The number of anilines is 2. The molecule has 2 N–H and O–H groups in total. The first kappa shape index (κ1) is 19.3. The first-order valence-corrected chi connectivity index (χ1v) is 11.1. The zero-order valence-corrected chi connectivity index (χ0v) is 18.0. The predicted octanol–water partition coefficient (Wildman–Crippen LogP) is 3.66. The third kappa shape index (κ3) is 3.04. The van der Waals surface area contributed by atoms with Crippen LogP contribution in [-0.2, 0) is 13.6 Å². The fourth-order valence-electron chi connectivity index (χ4n) is 5.18. The zero-order chi connectivity index (χ0) is 22.0. The van der Waals surface area contributed by atoms with Crippen molar-refractivity contribution < 1.29 is 9.18 Å². The Morgan fingerprint density at radius 3 is 2.78 bits per heavy atom. The lowest BCUT2D eigenvalue weighted by atomic mass is 9.96. The predicted molar refractivity (Wildman–Crippen MR) is 119 cm³/mol. The Hall–Kier alpha value is -3.42. The van der Waals surface area contributed by atoms with E-state index in [1.807, 2.05) is 18.1 Å². The molecule has 1 atom stereocenters. The first-order valence-electron chi connectivity index (χ1n) is 11.1. The van der Waals surface area contributed by atoms with Crippen LogP contribution in [0, 0.1) is 5.82 Å². The number of nitrogens with two attached hydrogens (primary N) is 1. The lowest BCUT2D eigenvalue weighted by Crippen LogP contribution is -2.35. The van der Waals surface area contributed by atoms with Crippen LogP contribution in [0.2, 0.25) is 0 Å². The molecule has 2 fully saturated rings. The lowest BCUT2D eigenvalue weighted by molar-refractivity contribution is 0.0726. The molecule has 32 heavy (non-hydrogen) atoms. The number of aryl methyl sites for hydroxylation is 1. The maximum Gasteiger partial charge on any atom is 0.254 e. The van der Waals surface area contributed by atoms with E-state index in [4.69, 9.17) is 5.73 Å². The van der Waals surface area contributed by atoms with Gasteiger partial charge in [-0.25, -0.2) is 9.37 Å². The van der Waals surface area contributed by atoms with Gasteiger partial charge in [-0.05, 0) is 55.5 Å². The molecule has 1 saturated carbocycles. The molecule has 2 aromatic heterocycles. The van der Waals surface area contributed by atoms with E-state index in [0.29, 0.717) is 17.9 Å². The van der Waals surface area contributed by atoms with Crippen LogP contribution >= 0.6 is 0 Å². The molecule has 0 unspecified atom stereocenters. The van der Waals surface area contributed by atoms with E-state index in [1.54, 1.807) is 16.9 Å². The molecule has 1 aliphatic carbocycles. The van der Waals surface area contributed by atoms with Gasteiger partial charge in [-0.3, -0.25) is 9.48 Å². The molecule has 1 aromatic carbocycles. The van der Waals surface area contributed by atoms with Crippen LogP contribution in [0.15, 0.2) is 36.7 Å². The second-order valence-corrected chi connectivity index (χ2v) is 9.04. The molecular weight excluding hydrogens is 407 g/mol. The van der Waals surface area contributed by atoms with Crippen LogP contribution in [0.4, 0.5) is 15.9 Å². The summed E-state index contributed by atoms with van der Waals surface area (Å²) in [6.45, 7) is 1.18. The molecule has 6 rings (SSSR count). The standard InChI is InChI=1S/C24H25FN6O/c1-29-12-19-14-9-22(23(26)27-11-14)30-8-2-3-21(30)18-10-15(25)4-7-17(18)24(32)31(16-5-6-16)13-20(19)28-29/h4,7,9-12,16,21H,2-3,5-6,8,13H2,1H3,(H2,26,27)/t21-/m1/s1. The monoisotopic (exact) mass is 432 g/mol. The highest BCUT2D eigenvalue weighted by Gasteiger charge is 2.38. The van der Waals surface area contributed by atoms with Gasteiger partial charge in [0.05, 0.1) is 24.0 Å². The van der Waals surface area contributed by atoms with Gasteiger partial charge in [0, 0.05) is 48.7 Å². The number of rotatable bonds is 1. The van der Waals surface area contributed by atoms with Crippen molar-refractivity contribution in [2.24, 2.45) is 7.05 Å². The number of benzene rings is 1. The Balaban J connectivity index is 1.61. The fraction of sp³-hybridized carbons (Fsp3) is 0.375. The average Bonchev–Trinajstić information content (AvgIpc) is 3.38. The number of nitrogens with zero attached hydrogens (tertiary/aromatic N) is 5. The van der Waals surface area contributed by atoms with Crippen LogP contribution in [0.1, 0.15) is 53.3 Å². The Kier molecular flexibility index (Phi) is 4.25. The van der Waals surface area contributed by atoms with Gasteiger partial charge in [-0.2, -0.15) is 5.10 Å². The number of pyridine rings is 1. The molecule has 0 spiro atoms. The fourth-order valence-corrected chi connectivity index (χ4v) is 5.18. The van der Waals surface area contributed by atoms with Gasteiger partial charge in [-0.15, -0.1) is 0 Å². The molecule has 164 valence electrons. The van der Waals surface area contributed by atoms with E-state index < -0.39 is 0 Å². The van der Waals surface area contributed by atoms with E-state index in [0.717, 1.165) is 60.3 Å². The van der Waals surface area contributed by atoms with Crippen molar-refractivity contribution in [3.63, 3.8) is 0 Å². The average molecular weight is 433 g/mol. The normalized spacial score (nSPS) is 20.3. The molecule has 3 aliphatic rings. The summed E-state index contributed by atoms with van der Waals surface area (Å²) in [4.78, 5) is 22.4. The van der Waals surface area contributed by atoms with Crippen molar-refractivity contribution in [1.82, 2.24) is 19.7 Å². The van der Waals surface area contributed by atoms with Crippen molar-refractivity contribution in [1.29, 1.82) is 0 Å².